The lowest BCUT2D eigenvalue weighted by Gasteiger charge is -2.19. The molecule has 3 rings (SSSR count). The van der Waals surface area contributed by atoms with E-state index in [2.05, 4.69) is 30.2 Å². The first-order valence-electron chi connectivity index (χ1n) is 8.09. The van der Waals surface area contributed by atoms with Crippen LogP contribution < -0.4 is 15.1 Å². The van der Waals surface area contributed by atoms with Crippen molar-refractivity contribution in [1.82, 2.24) is 25.3 Å². The zero-order valence-corrected chi connectivity index (χ0v) is 14.2. The molecule has 2 aromatic heterocycles. The molecule has 0 spiro atoms. The molecule has 0 atom stereocenters. The van der Waals surface area contributed by atoms with E-state index in [4.69, 9.17) is 0 Å². The fourth-order valence-electron chi connectivity index (χ4n) is 2.55. The maximum absolute atomic E-state index is 13.6. The van der Waals surface area contributed by atoms with Crippen molar-refractivity contribution < 1.29 is 9.18 Å². The van der Waals surface area contributed by atoms with Gasteiger partial charge in [0.25, 0.3) is 5.91 Å². The fourth-order valence-corrected chi connectivity index (χ4v) is 2.55. The maximum atomic E-state index is 13.6. The van der Waals surface area contributed by atoms with E-state index in [-0.39, 0.29) is 12.1 Å². The highest BCUT2D eigenvalue weighted by Gasteiger charge is 2.18. The summed E-state index contributed by atoms with van der Waals surface area (Å²) >= 11 is 0. The maximum Gasteiger partial charge on any atom is 0.254 e. The zero-order valence-electron chi connectivity index (χ0n) is 14.2. The fraction of sp³-hybridized carbons (Fsp3) is 0.438. The Morgan fingerprint density at radius 3 is 2.72 bits per heavy atom. The van der Waals surface area contributed by atoms with E-state index < -0.39 is 11.7 Å². The number of hydrogen-bond donors (Lipinski definition) is 1. The quantitative estimate of drug-likeness (QED) is 0.865. The molecular formula is C16H20FN7O. The Kier molecular flexibility index (Phi) is 5.01. The van der Waals surface area contributed by atoms with Crippen molar-refractivity contribution in [2.75, 3.05) is 37.0 Å². The number of aromatic nitrogens is 4. The van der Waals surface area contributed by atoms with Gasteiger partial charge in [0, 0.05) is 33.4 Å². The van der Waals surface area contributed by atoms with Crippen LogP contribution in [0.4, 0.5) is 16.3 Å². The van der Waals surface area contributed by atoms with Crippen LogP contribution in [-0.2, 0) is 6.54 Å². The number of hydrogen-bond acceptors (Lipinski definition) is 7. The first-order valence-corrected chi connectivity index (χ1v) is 8.09. The lowest BCUT2D eigenvalue weighted by atomic mass is 10.2. The number of rotatable bonds is 5. The van der Waals surface area contributed by atoms with Crippen molar-refractivity contribution in [2.24, 2.45) is 0 Å². The van der Waals surface area contributed by atoms with Gasteiger partial charge in [-0.15, -0.1) is 0 Å². The SMILES string of the molecule is CN(C)c1nc(CNC(=O)c2ccncc2F)nc(N2CCCC2)n1. The number of carbonyl (C=O) groups excluding carboxylic acids is 1. The molecule has 0 unspecified atom stereocenters. The van der Waals surface area contributed by atoms with Gasteiger partial charge in [0.15, 0.2) is 11.6 Å². The van der Waals surface area contributed by atoms with Crippen molar-refractivity contribution in [3.05, 3.63) is 35.7 Å². The number of nitrogens with zero attached hydrogens (tertiary/aromatic N) is 6. The smallest absolute Gasteiger partial charge is 0.254 e. The van der Waals surface area contributed by atoms with Gasteiger partial charge in [0.05, 0.1) is 18.3 Å². The lowest BCUT2D eigenvalue weighted by Crippen LogP contribution is -2.28. The Labute approximate surface area is 145 Å². The van der Waals surface area contributed by atoms with Gasteiger partial charge in [-0.25, -0.2) is 4.39 Å². The van der Waals surface area contributed by atoms with Crippen LogP contribution in [0.2, 0.25) is 0 Å². The summed E-state index contributed by atoms with van der Waals surface area (Å²) in [4.78, 5) is 32.9. The van der Waals surface area contributed by atoms with Crippen LogP contribution in [0.25, 0.3) is 0 Å². The number of pyridine rings is 1. The summed E-state index contributed by atoms with van der Waals surface area (Å²) in [6, 6.07) is 1.33. The molecular weight excluding hydrogens is 325 g/mol. The largest absolute Gasteiger partial charge is 0.347 e. The van der Waals surface area contributed by atoms with E-state index in [1.54, 1.807) is 4.90 Å². The van der Waals surface area contributed by atoms with Gasteiger partial charge >= 0.3 is 0 Å². The summed E-state index contributed by atoms with van der Waals surface area (Å²) in [6.45, 7) is 1.90. The lowest BCUT2D eigenvalue weighted by molar-refractivity contribution is 0.0945. The highest BCUT2D eigenvalue weighted by molar-refractivity contribution is 5.94. The molecule has 132 valence electrons. The summed E-state index contributed by atoms with van der Waals surface area (Å²) in [5.41, 5.74) is -0.0587. The monoisotopic (exact) mass is 345 g/mol. The molecule has 1 saturated heterocycles. The van der Waals surface area contributed by atoms with Crippen molar-refractivity contribution in [1.29, 1.82) is 0 Å². The summed E-state index contributed by atoms with van der Waals surface area (Å²) in [5, 5.41) is 2.64. The standard InChI is InChI=1S/C16H20FN7O/c1-23(2)15-20-13(21-16(22-15)24-7-3-4-8-24)10-19-14(25)11-5-6-18-9-12(11)17/h5-6,9H,3-4,7-8,10H2,1-2H3,(H,19,25). The van der Waals surface area contributed by atoms with E-state index in [0.717, 1.165) is 32.1 Å². The number of halogens is 1. The predicted octanol–water partition coefficient (Wildman–Crippen LogP) is 1.00. The normalized spacial score (nSPS) is 13.8. The first-order chi connectivity index (χ1) is 12.0. The third-order valence-corrected chi connectivity index (χ3v) is 3.87. The molecule has 0 aliphatic carbocycles. The average molecular weight is 345 g/mol. The Morgan fingerprint density at radius 1 is 1.28 bits per heavy atom. The summed E-state index contributed by atoms with van der Waals surface area (Å²) in [5.74, 6) is 0.368. The van der Waals surface area contributed by atoms with Crippen LogP contribution in [0.15, 0.2) is 18.5 Å². The minimum Gasteiger partial charge on any atom is -0.347 e. The van der Waals surface area contributed by atoms with Crippen LogP contribution in [0.3, 0.4) is 0 Å². The van der Waals surface area contributed by atoms with Crippen LogP contribution >= 0.6 is 0 Å². The number of anilines is 2. The third kappa shape index (κ3) is 3.98. The summed E-state index contributed by atoms with van der Waals surface area (Å²) in [6.07, 6.45) is 4.59. The van der Waals surface area contributed by atoms with Gasteiger partial charge in [-0.3, -0.25) is 9.78 Å². The highest BCUT2D eigenvalue weighted by atomic mass is 19.1. The molecule has 9 heteroatoms. The second kappa shape index (κ2) is 7.37. The Morgan fingerprint density at radius 2 is 2.04 bits per heavy atom. The van der Waals surface area contributed by atoms with Crippen LogP contribution in [-0.4, -0.2) is 53.0 Å². The Balaban J connectivity index is 1.77. The summed E-state index contributed by atoms with van der Waals surface area (Å²) in [7, 11) is 3.69. The second-order valence-corrected chi connectivity index (χ2v) is 5.98. The zero-order chi connectivity index (χ0) is 17.8. The Bertz CT molecular complexity index is 762. The van der Waals surface area contributed by atoms with E-state index in [9.17, 15) is 9.18 Å². The summed E-state index contributed by atoms with van der Waals surface area (Å²) < 4.78 is 13.6. The molecule has 0 saturated carbocycles. The molecule has 1 fully saturated rings. The van der Waals surface area contributed by atoms with E-state index in [1.807, 2.05) is 14.1 Å². The second-order valence-electron chi connectivity index (χ2n) is 5.98. The Hall–Kier alpha value is -2.84. The topological polar surface area (TPSA) is 87.1 Å². The van der Waals surface area contributed by atoms with Gasteiger partial charge in [-0.1, -0.05) is 0 Å². The predicted molar refractivity (Wildman–Crippen MR) is 91.0 cm³/mol. The molecule has 25 heavy (non-hydrogen) atoms. The molecule has 3 heterocycles. The average Bonchev–Trinajstić information content (AvgIpc) is 3.14. The van der Waals surface area contributed by atoms with Crippen molar-refractivity contribution in [2.45, 2.75) is 19.4 Å². The van der Waals surface area contributed by atoms with Gasteiger partial charge < -0.3 is 15.1 Å². The van der Waals surface area contributed by atoms with Gasteiger partial charge in [0.2, 0.25) is 11.9 Å². The van der Waals surface area contributed by atoms with Crippen molar-refractivity contribution in [3.63, 3.8) is 0 Å². The molecule has 2 aromatic rings. The minimum absolute atomic E-state index is 0.0587. The van der Waals surface area contributed by atoms with Gasteiger partial charge in [-0.2, -0.15) is 15.0 Å². The van der Waals surface area contributed by atoms with Crippen LogP contribution in [0.1, 0.15) is 29.0 Å². The minimum atomic E-state index is -0.664. The molecule has 0 aromatic carbocycles. The third-order valence-electron chi connectivity index (χ3n) is 3.87. The first kappa shape index (κ1) is 17.0. The highest BCUT2D eigenvalue weighted by Crippen LogP contribution is 2.18. The van der Waals surface area contributed by atoms with E-state index in [1.165, 1.54) is 12.3 Å². The van der Waals surface area contributed by atoms with Crippen LogP contribution in [0.5, 0.6) is 0 Å². The van der Waals surface area contributed by atoms with E-state index >= 15 is 0 Å². The number of carbonyl (C=O) groups is 1. The van der Waals surface area contributed by atoms with Crippen molar-refractivity contribution in [3.8, 4) is 0 Å². The van der Waals surface area contributed by atoms with Gasteiger partial charge in [-0.05, 0) is 18.9 Å². The van der Waals surface area contributed by atoms with E-state index in [0.29, 0.717) is 17.7 Å². The molecule has 1 amide bonds. The molecule has 0 radical (unpaired) electrons. The molecule has 1 N–H and O–H groups in total. The van der Waals surface area contributed by atoms with Crippen LogP contribution in [0, 0.1) is 5.82 Å². The molecule has 8 nitrogen and oxygen atoms in total. The molecule has 1 aliphatic heterocycles. The number of nitrogens with one attached hydrogen (secondary N) is 1. The molecule has 0 bridgehead atoms. The number of amides is 1. The molecule has 1 aliphatic rings. The van der Waals surface area contributed by atoms with Gasteiger partial charge in [0.1, 0.15) is 0 Å². The van der Waals surface area contributed by atoms with Crippen molar-refractivity contribution >= 4 is 17.8 Å².